The van der Waals surface area contributed by atoms with Crippen molar-refractivity contribution in [3.63, 3.8) is 0 Å². The fraction of sp³-hybridized carbons (Fsp3) is 0.450. The Morgan fingerprint density at radius 3 is 2.27 bits per heavy atom. The van der Waals surface area contributed by atoms with E-state index in [0.29, 0.717) is 31.0 Å². The van der Waals surface area contributed by atoms with E-state index in [1.165, 1.54) is 7.05 Å². The van der Waals surface area contributed by atoms with Gasteiger partial charge in [0.15, 0.2) is 11.5 Å². The molecule has 0 spiro atoms. The Bertz CT molecular complexity index is 2040. The highest BCUT2D eigenvalue weighted by molar-refractivity contribution is 7.95. The number of carbonyl (C=O) groups excluding carboxylic acids is 1. The molecule has 0 aliphatic carbocycles. The van der Waals surface area contributed by atoms with Gasteiger partial charge in [-0.05, 0) is 62.2 Å². The van der Waals surface area contributed by atoms with Crippen LogP contribution in [0.4, 0.5) is 11.4 Å². The lowest BCUT2D eigenvalue weighted by atomic mass is 9.81. The molecule has 0 bridgehead atoms. The summed E-state index contributed by atoms with van der Waals surface area (Å²) in [5.41, 5.74) is 4.15. The van der Waals surface area contributed by atoms with Crippen molar-refractivity contribution in [1.29, 1.82) is 0 Å². The second-order valence-corrected chi connectivity index (χ2v) is 20.1. The van der Waals surface area contributed by atoms with Gasteiger partial charge in [0.05, 0.1) is 28.9 Å². The molecule has 0 aromatic heterocycles. The molecule has 2 N–H and O–H groups in total. The van der Waals surface area contributed by atoms with Gasteiger partial charge in [-0.2, -0.15) is 13.2 Å². The molecular weight excluding hydrogens is 843 g/mol. The maximum absolute atomic E-state index is 13.7. The number of anilines is 1. The molecule has 0 radical (unpaired) electrons. The van der Waals surface area contributed by atoms with Crippen molar-refractivity contribution < 1.29 is 61.7 Å². The molecule has 2 aromatic carbocycles. The second kappa shape index (κ2) is 21.8. The number of allylic oxidation sites excluding steroid dienone is 8. The predicted molar refractivity (Wildman–Crippen MR) is 228 cm³/mol. The van der Waals surface area contributed by atoms with Gasteiger partial charge >= 0.3 is 0 Å². The quantitative estimate of drug-likeness (QED) is 0.0275. The van der Waals surface area contributed by atoms with E-state index < -0.39 is 20.9 Å². The van der Waals surface area contributed by atoms with Gasteiger partial charge in [0.25, 0.3) is 0 Å². The standard InChI is InChI=1S/C40H53N3O12S4/c1-38(2,3)37(44)28-41(8)59(48,49)30-19-21-34-32(27-30)40(6,7)36(43(34)23-15-25-57-54-51-46)17-13-11-9-10-12-16-35-39(4,5)31-26-29(58-55-52-47)18-20-33(31)42(35)22-14-24-56-53-50-45/h9-13,16-21,26-27H,14-15,22-25,28H2,1-8H3,(H2-,45,46,47). The van der Waals surface area contributed by atoms with Gasteiger partial charge in [-0.15, -0.1) is 8.67 Å². The van der Waals surface area contributed by atoms with Crippen LogP contribution >= 0.6 is 36.1 Å². The molecule has 2 aliphatic heterocycles. The van der Waals surface area contributed by atoms with Gasteiger partial charge in [0.2, 0.25) is 15.7 Å². The van der Waals surface area contributed by atoms with Gasteiger partial charge in [0, 0.05) is 100 Å². The summed E-state index contributed by atoms with van der Waals surface area (Å²) in [5.74, 6) is 0.892. The van der Waals surface area contributed by atoms with Crippen molar-refractivity contribution in [3.8, 4) is 0 Å². The fourth-order valence-corrected chi connectivity index (χ4v) is 9.19. The maximum Gasteiger partial charge on any atom is 0.243 e. The van der Waals surface area contributed by atoms with Crippen molar-refractivity contribution in [2.45, 2.75) is 81.9 Å². The average Bonchev–Trinajstić information content (AvgIpc) is 3.53. The molecule has 59 heavy (non-hydrogen) atoms. The highest BCUT2D eigenvalue weighted by Gasteiger charge is 2.44. The van der Waals surface area contributed by atoms with E-state index in [2.05, 4.69) is 57.5 Å². The molecule has 0 amide bonds. The van der Waals surface area contributed by atoms with Crippen LogP contribution in [0.5, 0.6) is 0 Å². The molecule has 2 heterocycles. The SMILES string of the molecule is CN(CC(=O)C(C)(C)C)S(=O)(=O)c1ccc2c(c1)C(C)(C)\C(=C/C=C/C=C/C=C/C1=[N+](CCCSOOO)c3ccc(SOOO)cc3C1(C)C)N2CCCSOO[O-]. The van der Waals surface area contributed by atoms with Crippen LogP contribution in [0.15, 0.2) is 94.4 Å². The smallest absolute Gasteiger partial charge is 0.243 e. The minimum absolute atomic E-state index is 0.107. The summed E-state index contributed by atoms with van der Waals surface area (Å²) in [6, 6.07) is 11.0. The Balaban J connectivity index is 1.59. The number of nitrogens with zero attached hydrogens (tertiary/aromatic N) is 3. The van der Waals surface area contributed by atoms with Gasteiger partial charge < -0.3 is 10.2 Å². The molecule has 0 fully saturated rings. The van der Waals surface area contributed by atoms with Crippen LogP contribution in [-0.4, -0.2) is 77.5 Å². The number of hydrogen-bond donors (Lipinski definition) is 2. The largest absolute Gasteiger partial charge is 0.691 e. The molecule has 19 heteroatoms. The third-order valence-electron chi connectivity index (χ3n) is 10.1. The predicted octanol–water partition coefficient (Wildman–Crippen LogP) is 7.80. The summed E-state index contributed by atoms with van der Waals surface area (Å²) in [6.07, 6.45) is 15.2. The van der Waals surface area contributed by atoms with Crippen LogP contribution in [0.25, 0.3) is 0 Å². The lowest BCUT2D eigenvalue weighted by molar-refractivity contribution is -0.777. The molecule has 15 nitrogen and oxygen atoms in total. The zero-order valence-corrected chi connectivity index (χ0v) is 37.7. The second-order valence-electron chi connectivity index (χ2n) is 15.8. The van der Waals surface area contributed by atoms with Gasteiger partial charge in [-0.25, -0.2) is 18.9 Å². The Labute approximate surface area is 359 Å². The molecule has 0 saturated heterocycles. The normalized spacial score (nSPS) is 17.2. The topological polar surface area (TPSA) is 180 Å². The molecule has 324 valence electrons. The van der Waals surface area contributed by atoms with E-state index in [4.69, 9.17) is 10.5 Å². The molecule has 0 saturated carbocycles. The highest BCUT2D eigenvalue weighted by Crippen LogP contribution is 2.49. The summed E-state index contributed by atoms with van der Waals surface area (Å²) < 4.78 is 44.4. The van der Waals surface area contributed by atoms with E-state index in [9.17, 15) is 18.5 Å². The van der Waals surface area contributed by atoms with E-state index in [-0.39, 0.29) is 22.6 Å². The average molecular weight is 896 g/mol. The first-order valence-corrected chi connectivity index (χ1v) is 22.7. The van der Waals surface area contributed by atoms with Gasteiger partial charge in [0.1, 0.15) is 6.54 Å². The molecule has 0 atom stereocenters. The highest BCUT2D eigenvalue weighted by atomic mass is 32.2. The van der Waals surface area contributed by atoms with E-state index in [1.54, 1.807) is 39.0 Å². The van der Waals surface area contributed by atoms with E-state index in [0.717, 1.165) is 85.7 Å². The number of carbonyl (C=O) groups is 1. The number of rotatable bonds is 23. The van der Waals surface area contributed by atoms with Crippen molar-refractivity contribution in [2.75, 3.05) is 43.1 Å². The number of ketones is 1. The Morgan fingerprint density at radius 1 is 0.898 bits per heavy atom. The molecule has 2 aromatic rings. The van der Waals surface area contributed by atoms with E-state index >= 15 is 0 Å². The Morgan fingerprint density at radius 2 is 1.58 bits per heavy atom. The third-order valence-corrected chi connectivity index (χ3v) is 13.7. The minimum atomic E-state index is -3.97. The summed E-state index contributed by atoms with van der Waals surface area (Å²) in [4.78, 5) is 15.7. The monoisotopic (exact) mass is 895 g/mol. The van der Waals surface area contributed by atoms with Crippen LogP contribution in [0.3, 0.4) is 0 Å². The zero-order valence-electron chi connectivity index (χ0n) is 34.4. The number of likely N-dealkylation sites (N-methyl/N-ethyl adjacent to an activating group) is 1. The van der Waals surface area contributed by atoms with Crippen LogP contribution < -0.4 is 10.2 Å². The van der Waals surface area contributed by atoms with Crippen molar-refractivity contribution in [2.24, 2.45) is 5.41 Å². The first-order chi connectivity index (χ1) is 27.9. The third kappa shape index (κ3) is 12.2. The number of benzene rings is 2. The van der Waals surface area contributed by atoms with Crippen LogP contribution in [0.1, 0.15) is 72.4 Å². The Kier molecular flexibility index (Phi) is 18.0. The summed E-state index contributed by atoms with van der Waals surface area (Å²) >= 11 is 2.83. The molecular formula is C40H53N3O12S4. The van der Waals surface area contributed by atoms with Crippen LogP contribution in [0.2, 0.25) is 0 Å². The van der Waals surface area contributed by atoms with Gasteiger partial charge in [-0.3, -0.25) is 9.83 Å². The number of Topliss-reactive ketones (excluding diaryl/α,β-unsaturated/α-hetero) is 1. The lowest BCUT2D eigenvalue weighted by Gasteiger charge is -2.27. The first kappa shape index (κ1) is 48.8. The zero-order chi connectivity index (χ0) is 43.4. The first-order valence-electron chi connectivity index (χ1n) is 18.7. The fourth-order valence-electron chi connectivity index (χ4n) is 6.92. The summed E-state index contributed by atoms with van der Waals surface area (Å²) in [6.45, 7) is 14.7. The summed E-state index contributed by atoms with van der Waals surface area (Å²) in [5, 5.41) is 38.4. The van der Waals surface area contributed by atoms with Crippen LogP contribution in [0, 0.1) is 5.41 Å². The van der Waals surface area contributed by atoms with E-state index in [1.807, 2.05) is 68.5 Å². The van der Waals surface area contributed by atoms with Crippen molar-refractivity contribution in [1.82, 2.24) is 4.31 Å². The van der Waals surface area contributed by atoms with Crippen molar-refractivity contribution in [3.05, 3.63) is 95.8 Å². The lowest BCUT2D eigenvalue weighted by Crippen LogP contribution is -2.37. The molecule has 4 rings (SSSR count). The molecule has 0 unspecified atom stereocenters. The van der Waals surface area contributed by atoms with Gasteiger partial charge in [-0.1, -0.05) is 75.1 Å². The minimum Gasteiger partial charge on any atom is -0.691 e. The number of hydrogen-bond acceptors (Lipinski definition) is 16. The van der Waals surface area contributed by atoms with Crippen LogP contribution in [-0.2, 0) is 53.8 Å². The maximum atomic E-state index is 13.7. The Hall–Kier alpha value is -2.86. The summed E-state index contributed by atoms with van der Waals surface area (Å²) in [7, 11) is -2.54. The molecule has 2 aliphatic rings. The number of fused-ring (bicyclic) bond motifs is 2. The number of sulfonamides is 1. The van der Waals surface area contributed by atoms with Crippen molar-refractivity contribution >= 4 is 69.0 Å².